The Bertz CT molecular complexity index is 613. The summed E-state index contributed by atoms with van der Waals surface area (Å²) in [5.74, 6) is 0.0326. The second-order valence-corrected chi connectivity index (χ2v) is 5.71. The SMILES string of the molecule is CC(=O)c1ccc(N(CCO)Cc2ccccc2)cc1Br. The molecule has 0 aromatic heterocycles. The first kappa shape index (κ1) is 15.7. The normalized spacial score (nSPS) is 10.4. The Morgan fingerprint density at radius 1 is 1.19 bits per heavy atom. The highest BCUT2D eigenvalue weighted by molar-refractivity contribution is 9.10. The fraction of sp³-hybridized carbons (Fsp3) is 0.235. The highest BCUT2D eigenvalue weighted by Crippen LogP contribution is 2.25. The van der Waals surface area contributed by atoms with Crippen LogP contribution >= 0.6 is 15.9 Å². The van der Waals surface area contributed by atoms with Gasteiger partial charge < -0.3 is 10.0 Å². The molecule has 2 rings (SSSR count). The molecule has 3 nitrogen and oxygen atoms in total. The first-order valence-corrected chi connectivity index (χ1v) is 7.61. The van der Waals surface area contributed by atoms with Gasteiger partial charge in [0.15, 0.2) is 5.78 Å². The van der Waals surface area contributed by atoms with Crippen molar-refractivity contribution in [1.82, 2.24) is 0 Å². The molecule has 0 fully saturated rings. The van der Waals surface area contributed by atoms with Crippen molar-refractivity contribution in [3.05, 3.63) is 64.1 Å². The van der Waals surface area contributed by atoms with Crippen LogP contribution in [0.25, 0.3) is 0 Å². The summed E-state index contributed by atoms with van der Waals surface area (Å²) in [5, 5.41) is 9.28. The zero-order valence-electron chi connectivity index (χ0n) is 11.9. The van der Waals surface area contributed by atoms with Crippen LogP contribution in [0.4, 0.5) is 5.69 Å². The Labute approximate surface area is 133 Å². The van der Waals surface area contributed by atoms with Gasteiger partial charge in [0.25, 0.3) is 0 Å². The Balaban J connectivity index is 2.26. The van der Waals surface area contributed by atoms with Gasteiger partial charge in [-0.05, 0) is 46.6 Å². The Morgan fingerprint density at radius 3 is 2.48 bits per heavy atom. The molecule has 0 aliphatic rings. The molecule has 4 heteroatoms. The van der Waals surface area contributed by atoms with E-state index in [-0.39, 0.29) is 12.4 Å². The quantitative estimate of drug-likeness (QED) is 0.810. The van der Waals surface area contributed by atoms with Crippen molar-refractivity contribution in [2.75, 3.05) is 18.1 Å². The number of aliphatic hydroxyl groups is 1. The van der Waals surface area contributed by atoms with E-state index in [1.165, 1.54) is 5.56 Å². The molecule has 0 radical (unpaired) electrons. The van der Waals surface area contributed by atoms with Crippen LogP contribution < -0.4 is 4.90 Å². The molecule has 0 amide bonds. The summed E-state index contributed by atoms with van der Waals surface area (Å²) in [6.07, 6.45) is 0. The number of hydrogen-bond donors (Lipinski definition) is 1. The Hall–Kier alpha value is -1.65. The molecule has 0 aliphatic carbocycles. The van der Waals surface area contributed by atoms with Crippen LogP contribution in [-0.2, 0) is 6.54 Å². The maximum absolute atomic E-state index is 11.5. The van der Waals surface area contributed by atoms with E-state index in [0.717, 1.165) is 10.2 Å². The lowest BCUT2D eigenvalue weighted by Gasteiger charge is -2.24. The summed E-state index contributed by atoms with van der Waals surface area (Å²) >= 11 is 3.44. The number of Topliss-reactive ketones (excluding diaryl/α,β-unsaturated/α-hetero) is 1. The van der Waals surface area contributed by atoms with E-state index in [2.05, 4.69) is 33.0 Å². The number of ketones is 1. The number of hydrogen-bond acceptors (Lipinski definition) is 3. The van der Waals surface area contributed by atoms with Crippen LogP contribution in [0.1, 0.15) is 22.8 Å². The summed E-state index contributed by atoms with van der Waals surface area (Å²) in [7, 11) is 0. The first-order valence-electron chi connectivity index (χ1n) is 6.82. The van der Waals surface area contributed by atoms with E-state index in [1.54, 1.807) is 6.92 Å². The van der Waals surface area contributed by atoms with Gasteiger partial charge in [0.05, 0.1) is 6.61 Å². The van der Waals surface area contributed by atoms with Crippen molar-refractivity contribution in [3.63, 3.8) is 0 Å². The number of aliphatic hydroxyl groups excluding tert-OH is 1. The summed E-state index contributed by atoms with van der Waals surface area (Å²) in [6, 6.07) is 15.8. The van der Waals surface area contributed by atoms with Crippen molar-refractivity contribution in [1.29, 1.82) is 0 Å². The third-order valence-corrected chi connectivity index (χ3v) is 3.94. The topological polar surface area (TPSA) is 40.5 Å². The van der Waals surface area contributed by atoms with E-state index < -0.39 is 0 Å². The largest absolute Gasteiger partial charge is 0.395 e. The van der Waals surface area contributed by atoms with Gasteiger partial charge in [-0.15, -0.1) is 0 Å². The highest BCUT2D eigenvalue weighted by Gasteiger charge is 2.11. The summed E-state index contributed by atoms with van der Waals surface area (Å²) in [4.78, 5) is 13.6. The maximum atomic E-state index is 11.5. The van der Waals surface area contributed by atoms with Crippen LogP contribution in [0.5, 0.6) is 0 Å². The van der Waals surface area contributed by atoms with Crippen molar-refractivity contribution in [2.24, 2.45) is 0 Å². The summed E-state index contributed by atoms with van der Waals surface area (Å²) in [5.41, 5.74) is 2.82. The van der Waals surface area contributed by atoms with Crippen molar-refractivity contribution in [2.45, 2.75) is 13.5 Å². The summed E-state index contributed by atoms with van der Waals surface area (Å²) in [6.45, 7) is 2.89. The van der Waals surface area contributed by atoms with Gasteiger partial charge in [-0.25, -0.2) is 0 Å². The molecule has 2 aromatic rings. The fourth-order valence-corrected chi connectivity index (χ4v) is 2.86. The van der Waals surface area contributed by atoms with Gasteiger partial charge in [0.1, 0.15) is 0 Å². The number of rotatable bonds is 6. The first-order chi connectivity index (χ1) is 10.1. The highest BCUT2D eigenvalue weighted by atomic mass is 79.9. The van der Waals surface area contributed by atoms with Gasteiger partial charge >= 0.3 is 0 Å². The van der Waals surface area contributed by atoms with Gasteiger partial charge in [0.2, 0.25) is 0 Å². The van der Waals surface area contributed by atoms with Gasteiger partial charge in [-0.2, -0.15) is 0 Å². The third-order valence-electron chi connectivity index (χ3n) is 3.28. The van der Waals surface area contributed by atoms with Gasteiger partial charge in [-0.3, -0.25) is 4.79 Å². The third kappa shape index (κ3) is 4.16. The van der Waals surface area contributed by atoms with Crippen LogP contribution in [0.15, 0.2) is 53.0 Å². The number of anilines is 1. The minimum Gasteiger partial charge on any atom is -0.395 e. The standard InChI is InChI=1S/C17H18BrNO2/c1-13(21)16-8-7-15(11-17(16)18)19(9-10-20)12-14-5-3-2-4-6-14/h2-8,11,20H,9-10,12H2,1H3. The van der Waals surface area contributed by atoms with E-state index in [0.29, 0.717) is 18.7 Å². The molecule has 21 heavy (non-hydrogen) atoms. The number of carbonyl (C=O) groups is 1. The second kappa shape index (κ2) is 7.38. The average Bonchev–Trinajstić information content (AvgIpc) is 2.47. The van der Waals surface area contributed by atoms with E-state index in [9.17, 15) is 9.90 Å². The Morgan fingerprint density at radius 2 is 1.90 bits per heavy atom. The average molecular weight is 348 g/mol. The monoisotopic (exact) mass is 347 g/mol. The van der Waals surface area contributed by atoms with Crippen LogP contribution in [0, 0.1) is 0 Å². The molecule has 2 aromatic carbocycles. The molecule has 1 N–H and O–H groups in total. The van der Waals surface area contributed by atoms with Crippen molar-refractivity contribution in [3.8, 4) is 0 Å². The van der Waals surface area contributed by atoms with Crippen molar-refractivity contribution >= 4 is 27.4 Å². The minimum absolute atomic E-state index is 0.0326. The lowest BCUT2D eigenvalue weighted by molar-refractivity contribution is 0.101. The zero-order valence-corrected chi connectivity index (χ0v) is 13.5. The minimum atomic E-state index is 0.0326. The molecule has 110 valence electrons. The number of carbonyl (C=O) groups excluding carboxylic acids is 1. The van der Waals surface area contributed by atoms with Crippen molar-refractivity contribution < 1.29 is 9.90 Å². The lowest BCUT2D eigenvalue weighted by Crippen LogP contribution is -2.26. The molecule has 0 aliphatic heterocycles. The molecule has 0 saturated carbocycles. The molecule has 0 heterocycles. The van der Waals surface area contributed by atoms with Gasteiger partial charge in [0, 0.05) is 28.8 Å². The summed E-state index contributed by atoms with van der Waals surface area (Å²) < 4.78 is 0.781. The molecule has 0 spiro atoms. The van der Waals surface area contributed by atoms with Crippen LogP contribution in [0.3, 0.4) is 0 Å². The van der Waals surface area contributed by atoms with Gasteiger partial charge in [-0.1, -0.05) is 30.3 Å². The van der Waals surface area contributed by atoms with Crippen LogP contribution in [-0.4, -0.2) is 24.0 Å². The predicted octanol–water partition coefficient (Wildman–Crippen LogP) is 3.65. The molecular formula is C17H18BrNO2. The maximum Gasteiger partial charge on any atom is 0.160 e. The molecule has 0 atom stereocenters. The van der Waals surface area contributed by atoms with Crippen LogP contribution in [0.2, 0.25) is 0 Å². The molecule has 0 saturated heterocycles. The zero-order chi connectivity index (χ0) is 15.2. The second-order valence-electron chi connectivity index (χ2n) is 4.85. The van der Waals surface area contributed by atoms with E-state index in [4.69, 9.17) is 0 Å². The number of halogens is 1. The molecule has 0 bridgehead atoms. The van der Waals surface area contributed by atoms with E-state index >= 15 is 0 Å². The van der Waals surface area contributed by atoms with E-state index in [1.807, 2.05) is 36.4 Å². The number of nitrogens with zero attached hydrogens (tertiary/aromatic N) is 1. The Kier molecular flexibility index (Phi) is 5.53. The fourth-order valence-electron chi connectivity index (χ4n) is 2.21. The smallest absolute Gasteiger partial charge is 0.160 e. The molecule has 0 unspecified atom stereocenters. The molecular weight excluding hydrogens is 330 g/mol. The predicted molar refractivity (Wildman–Crippen MR) is 88.7 cm³/mol. The lowest BCUT2D eigenvalue weighted by atomic mass is 10.1. The number of benzene rings is 2.